The largest absolute Gasteiger partial charge is 0.444 e. The van der Waals surface area contributed by atoms with Gasteiger partial charge in [0.15, 0.2) is 5.96 Å². The molecule has 0 aliphatic carbocycles. The minimum Gasteiger partial charge on any atom is -0.444 e. The van der Waals surface area contributed by atoms with Crippen LogP contribution in [-0.2, 0) is 19.6 Å². The van der Waals surface area contributed by atoms with Gasteiger partial charge in [-0.25, -0.2) is 9.98 Å². The second kappa shape index (κ2) is 9.55. The molecule has 0 bridgehead atoms. The first-order valence-electron chi connectivity index (χ1n) is 9.89. The van der Waals surface area contributed by atoms with Gasteiger partial charge in [0.25, 0.3) is 0 Å². The molecule has 1 aliphatic rings. The number of rotatable bonds is 7. The van der Waals surface area contributed by atoms with Gasteiger partial charge in [0.05, 0.1) is 18.8 Å². The molecule has 1 aliphatic heterocycles. The Balaban J connectivity index is 1.53. The van der Waals surface area contributed by atoms with Gasteiger partial charge in [-0.15, -0.1) is 0 Å². The van der Waals surface area contributed by atoms with E-state index in [1.165, 1.54) is 37.1 Å². The Morgan fingerprint density at radius 3 is 2.44 bits per heavy atom. The number of oxazole rings is 1. The minimum absolute atomic E-state index is 0.523. The average Bonchev–Trinajstić information content (AvgIpc) is 3.28. The maximum absolute atomic E-state index is 5.61. The number of aromatic nitrogens is 1. The molecule has 0 saturated carbocycles. The Morgan fingerprint density at radius 1 is 1.11 bits per heavy atom. The fourth-order valence-electron chi connectivity index (χ4n) is 3.24. The fraction of sp³-hybridized carbons (Fsp3) is 0.524. The maximum atomic E-state index is 5.61. The third-order valence-electron chi connectivity index (χ3n) is 4.87. The molecule has 1 aromatic heterocycles. The molecule has 1 fully saturated rings. The molecule has 0 unspecified atom stereocenters. The van der Waals surface area contributed by atoms with E-state index in [0.717, 1.165) is 30.5 Å². The van der Waals surface area contributed by atoms with Crippen LogP contribution in [-0.4, -0.2) is 35.5 Å². The molecular weight excluding hydrogens is 338 g/mol. The minimum atomic E-state index is 0.523. The summed E-state index contributed by atoms with van der Waals surface area (Å²) in [4.78, 5) is 11.6. The Labute approximate surface area is 162 Å². The molecule has 1 aromatic carbocycles. The molecule has 2 N–H and O–H groups in total. The van der Waals surface area contributed by atoms with Crippen molar-refractivity contribution in [2.45, 2.75) is 53.2 Å². The predicted octanol–water partition coefficient (Wildman–Crippen LogP) is 3.14. The lowest BCUT2D eigenvalue weighted by Gasteiger charge is -2.14. The van der Waals surface area contributed by atoms with Gasteiger partial charge >= 0.3 is 0 Å². The van der Waals surface area contributed by atoms with Crippen molar-refractivity contribution in [3.63, 3.8) is 0 Å². The summed E-state index contributed by atoms with van der Waals surface area (Å²) in [5, 5.41) is 6.55. The van der Waals surface area contributed by atoms with Gasteiger partial charge in [-0.05, 0) is 57.8 Å². The van der Waals surface area contributed by atoms with Crippen molar-refractivity contribution in [1.82, 2.24) is 20.5 Å². The van der Waals surface area contributed by atoms with Gasteiger partial charge in [0.1, 0.15) is 5.76 Å². The quantitative estimate of drug-likeness (QED) is 0.580. The highest BCUT2D eigenvalue weighted by Crippen LogP contribution is 2.13. The summed E-state index contributed by atoms with van der Waals surface area (Å²) in [5.74, 6) is 2.32. The van der Waals surface area contributed by atoms with Crippen LogP contribution in [0, 0.1) is 13.8 Å². The van der Waals surface area contributed by atoms with Crippen LogP contribution < -0.4 is 10.6 Å². The van der Waals surface area contributed by atoms with Gasteiger partial charge in [0, 0.05) is 13.1 Å². The molecule has 0 radical (unpaired) electrons. The van der Waals surface area contributed by atoms with E-state index < -0.39 is 0 Å². The lowest BCUT2D eigenvalue weighted by atomic mass is 10.1. The number of hydrogen-bond donors (Lipinski definition) is 2. The third-order valence-corrected chi connectivity index (χ3v) is 4.87. The molecule has 0 atom stereocenters. The van der Waals surface area contributed by atoms with Crippen molar-refractivity contribution in [1.29, 1.82) is 0 Å². The number of hydrogen-bond acceptors (Lipinski definition) is 4. The van der Waals surface area contributed by atoms with E-state index >= 15 is 0 Å². The van der Waals surface area contributed by atoms with Gasteiger partial charge in [-0.1, -0.05) is 24.3 Å². The lowest BCUT2D eigenvalue weighted by molar-refractivity contribution is 0.331. The molecule has 2 aromatic rings. The van der Waals surface area contributed by atoms with Crippen LogP contribution in [0.3, 0.4) is 0 Å². The number of guanidine groups is 1. The fourth-order valence-corrected chi connectivity index (χ4v) is 3.24. The zero-order chi connectivity index (χ0) is 19.1. The average molecular weight is 370 g/mol. The van der Waals surface area contributed by atoms with Gasteiger partial charge in [0.2, 0.25) is 5.89 Å². The predicted molar refractivity (Wildman–Crippen MR) is 109 cm³/mol. The van der Waals surface area contributed by atoms with Crippen LogP contribution in [0.15, 0.2) is 33.7 Å². The molecule has 6 heteroatoms. The van der Waals surface area contributed by atoms with Crippen molar-refractivity contribution in [3.05, 3.63) is 52.7 Å². The zero-order valence-electron chi connectivity index (χ0n) is 16.7. The number of nitrogens with one attached hydrogen (secondary N) is 2. The summed E-state index contributed by atoms with van der Waals surface area (Å²) in [6, 6.07) is 8.81. The maximum Gasteiger partial charge on any atom is 0.214 e. The Hall–Kier alpha value is -2.34. The van der Waals surface area contributed by atoms with Crippen molar-refractivity contribution in [3.8, 4) is 0 Å². The van der Waals surface area contributed by atoms with Gasteiger partial charge in [-0.2, -0.15) is 0 Å². The highest BCUT2D eigenvalue weighted by Gasteiger charge is 2.11. The molecule has 2 heterocycles. The number of aliphatic imine (C=N–C) groups is 1. The van der Waals surface area contributed by atoms with E-state index in [1.807, 2.05) is 13.8 Å². The number of likely N-dealkylation sites (tertiary alicyclic amines) is 1. The van der Waals surface area contributed by atoms with Gasteiger partial charge in [-0.3, -0.25) is 4.90 Å². The van der Waals surface area contributed by atoms with Crippen molar-refractivity contribution < 1.29 is 4.42 Å². The van der Waals surface area contributed by atoms with E-state index in [0.29, 0.717) is 19.0 Å². The van der Waals surface area contributed by atoms with Crippen LogP contribution in [0.25, 0.3) is 0 Å². The molecule has 146 valence electrons. The van der Waals surface area contributed by atoms with E-state index in [2.05, 4.69) is 56.7 Å². The number of nitrogens with zero attached hydrogens (tertiary/aromatic N) is 3. The van der Waals surface area contributed by atoms with Crippen molar-refractivity contribution in [2.75, 3.05) is 19.6 Å². The summed E-state index contributed by atoms with van der Waals surface area (Å²) < 4.78 is 5.61. The monoisotopic (exact) mass is 369 g/mol. The Kier molecular flexibility index (Phi) is 6.87. The van der Waals surface area contributed by atoms with Crippen LogP contribution >= 0.6 is 0 Å². The molecule has 0 amide bonds. The first-order valence-corrected chi connectivity index (χ1v) is 9.89. The van der Waals surface area contributed by atoms with Crippen LogP contribution in [0.2, 0.25) is 0 Å². The van der Waals surface area contributed by atoms with Crippen LogP contribution in [0.1, 0.15) is 48.2 Å². The Bertz CT molecular complexity index is 725. The molecule has 3 rings (SSSR count). The summed E-state index contributed by atoms with van der Waals surface area (Å²) in [6.07, 6.45) is 2.67. The molecule has 0 spiro atoms. The highest BCUT2D eigenvalue weighted by atomic mass is 16.4. The molecule has 6 nitrogen and oxygen atoms in total. The van der Waals surface area contributed by atoms with Crippen molar-refractivity contribution >= 4 is 5.96 Å². The topological polar surface area (TPSA) is 65.7 Å². The van der Waals surface area contributed by atoms with E-state index in [-0.39, 0.29) is 0 Å². The van der Waals surface area contributed by atoms with E-state index in [1.54, 1.807) is 0 Å². The molecular formula is C21H31N5O. The van der Waals surface area contributed by atoms with Crippen LogP contribution in [0.4, 0.5) is 0 Å². The Morgan fingerprint density at radius 2 is 1.81 bits per heavy atom. The lowest BCUT2D eigenvalue weighted by Crippen LogP contribution is -2.36. The number of benzene rings is 1. The first-order chi connectivity index (χ1) is 13.1. The molecule has 27 heavy (non-hydrogen) atoms. The first kappa shape index (κ1) is 19.4. The standard InChI is InChI=1S/C21H31N5O/c1-4-22-21(24-14-20-25-16(2)17(3)27-20)23-13-18-7-9-19(10-8-18)15-26-11-5-6-12-26/h7-10H,4-6,11-15H2,1-3H3,(H2,22,23,24). The van der Waals surface area contributed by atoms with E-state index in [4.69, 9.17) is 4.42 Å². The second-order valence-corrected chi connectivity index (χ2v) is 7.10. The summed E-state index contributed by atoms with van der Waals surface area (Å²) >= 11 is 0. The smallest absolute Gasteiger partial charge is 0.214 e. The van der Waals surface area contributed by atoms with E-state index in [9.17, 15) is 0 Å². The second-order valence-electron chi connectivity index (χ2n) is 7.10. The highest BCUT2D eigenvalue weighted by molar-refractivity contribution is 5.79. The number of aryl methyl sites for hydroxylation is 2. The van der Waals surface area contributed by atoms with Crippen LogP contribution in [0.5, 0.6) is 0 Å². The summed E-state index contributed by atoms with van der Waals surface area (Å²) in [6.45, 7) is 11.4. The SMILES string of the molecule is CCNC(=NCc1ccc(CN2CCCC2)cc1)NCc1nc(C)c(C)o1. The summed E-state index contributed by atoms with van der Waals surface area (Å²) in [5.41, 5.74) is 3.52. The summed E-state index contributed by atoms with van der Waals surface area (Å²) in [7, 11) is 0. The van der Waals surface area contributed by atoms with Gasteiger partial charge < -0.3 is 15.1 Å². The third kappa shape index (κ3) is 5.82. The molecule has 1 saturated heterocycles. The van der Waals surface area contributed by atoms with Crippen molar-refractivity contribution in [2.24, 2.45) is 4.99 Å². The normalized spacial score (nSPS) is 15.3. The zero-order valence-corrected chi connectivity index (χ0v) is 16.7.